The van der Waals surface area contributed by atoms with E-state index in [0.29, 0.717) is 13.1 Å². The molecule has 1 aromatic heterocycles. The number of thioether (sulfide) groups is 1. The third kappa shape index (κ3) is 3.38. The molecule has 0 spiro atoms. The van der Waals surface area contributed by atoms with Crippen molar-refractivity contribution in [3.8, 4) is 0 Å². The number of fused-ring (bicyclic) bond motifs is 1. The van der Waals surface area contributed by atoms with Crippen LogP contribution in [0.3, 0.4) is 0 Å². The normalized spacial score (nSPS) is 14.1. The number of hydrogen-bond acceptors (Lipinski definition) is 5. The lowest BCUT2D eigenvalue weighted by molar-refractivity contribution is -0.133. The molecule has 0 saturated heterocycles. The van der Waals surface area contributed by atoms with Crippen LogP contribution in [0.4, 0.5) is 4.79 Å². The lowest BCUT2D eigenvalue weighted by Gasteiger charge is -2.28. The van der Waals surface area contributed by atoms with E-state index >= 15 is 0 Å². The van der Waals surface area contributed by atoms with Gasteiger partial charge >= 0.3 is 12.0 Å². The van der Waals surface area contributed by atoms with Crippen molar-refractivity contribution < 1.29 is 14.7 Å². The molecular weight excluding hydrogens is 286 g/mol. The monoisotopic (exact) mass is 301 g/mol. The number of hydrogen-bond donors (Lipinski definition) is 1. The minimum Gasteiger partial charge on any atom is -0.481 e. The van der Waals surface area contributed by atoms with Gasteiger partial charge in [0.2, 0.25) is 0 Å². The van der Waals surface area contributed by atoms with Crippen LogP contribution in [0.1, 0.15) is 10.6 Å². The number of nitrogens with zero attached hydrogens (tertiary/aromatic N) is 3. The molecule has 1 aliphatic rings. The molecule has 0 fully saturated rings. The molecule has 2 rings (SSSR count). The molecule has 0 saturated carbocycles. The summed E-state index contributed by atoms with van der Waals surface area (Å²) in [6.45, 7) is 1.23. The molecule has 1 aromatic rings. The molecule has 8 heteroatoms. The molecule has 0 bridgehead atoms. The summed E-state index contributed by atoms with van der Waals surface area (Å²) >= 11 is 2.72. The van der Waals surface area contributed by atoms with Gasteiger partial charge in [0.15, 0.2) is 4.34 Å². The second-order valence-corrected chi connectivity index (χ2v) is 6.69. The average Bonchev–Trinajstić information content (AvgIpc) is 2.76. The quantitative estimate of drug-likeness (QED) is 0.853. The van der Waals surface area contributed by atoms with E-state index in [9.17, 15) is 9.59 Å². The zero-order chi connectivity index (χ0) is 14.0. The zero-order valence-electron chi connectivity index (χ0n) is 10.8. The fourth-order valence-corrected chi connectivity index (χ4v) is 3.79. The Hall–Kier alpha value is -1.28. The van der Waals surface area contributed by atoms with Crippen molar-refractivity contribution in [1.29, 1.82) is 0 Å². The molecule has 6 nitrogen and oxygen atoms in total. The Morgan fingerprint density at radius 1 is 1.53 bits per heavy atom. The van der Waals surface area contributed by atoms with Crippen LogP contribution in [0.5, 0.6) is 0 Å². The summed E-state index contributed by atoms with van der Waals surface area (Å²) in [6.07, 6.45) is 0.735. The molecule has 0 radical (unpaired) electrons. The van der Waals surface area contributed by atoms with Crippen molar-refractivity contribution in [2.75, 3.05) is 26.4 Å². The van der Waals surface area contributed by atoms with Gasteiger partial charge in [-0.15, -0.1) is 11.3 Å². The highest BCUT2D eigenvalue weighted by molar-refractivity contribution is 8.01. The van der Waals surface area contributed by atoms with Crippen LogP contribution < -0.4 is 0 Å². The molecule has 0 atom stereocenters. The molecule has 0 unspecified atom stereocenters. The molecule has 104 valence electrons. The van der Waals surface area contributed by atoms with Crippen LogP contribution in [0.2, 0.25) is 0 Å². The fraction of sp³-hybridized carbons (Fsp3) is 0.545. The maximum absolute atomic E-state index is 11.9. The summed E-state index contributed by atoms with van der Waals surface area (Å²) < 4.78 is 0.770. The van der Waals surface area contributed by atoms with Gasteiger partial charge in [-0.05, 0) is 0 Å². The Morgan fingerprint density at radius 2 is 2.26 bits per heavy atom. The van der Waals surface area contributed by atoms with Crippen LogP contribution in [0.25, 0.3) is 0 Å². The molecule has 1 N–H and O–H groups in total. The van der Waals surface area contributed by atoms with Crippen molar-refractivity contribution in [1.82, 2.24) is 14.8 Å². The van der Waals surface area contributed by atoms with Gasteiger partial charge in [0.25, 0.3) is 0 Å². The minimum absolute atomic E-state index is 0.00112. The van der Waals surface area contributed by atoms with Crippen molar-refractivity contribution in [2.45, 2.75) is 17.3 Å². The Kier molecular flexibility index (Phi) is 4.31. The predicted molar refractivity (Wildman–Crippen MR) is 73.7 cm³/mol. The van der Waals surface area contributed by atoms with Gasteiger partial charge in [0.05, 0.1) is 18.0 Å². The number of carboxylic acids is 1. The van der Waals surface area contributed by atoms with Gasteiger partial charge in [-0.2, -0.15) is 0 Å². The summed E-state index contributed by atoms with van der Waals surface area (Å²) in [7, 11) is 3.47. The van der Waals surface area contributed by atoms with E-state index in [1.165, 1.54) is 23.1 Å². The van der Waals surface area contributed by atoms with Gasteiger partial charge in [0, 0.05) is 31.9 Å². The average molecular weight is 301 g/mol. The number of carbonyl (C=O) groups excluding carboxylic acids is 1. The molecule has 0 aromatic carbocycles. The van der Waals surface area contributed by atoms with E-state index in [4.69, 9.17) is 5.11 Å². The largest absolute Gasteiger partial charge is 0.481 e. The molecule has 2 heterocycles. The van der Waals surface area contributed by atoms with E-state index in [2.05, 4.69) is 4.98 Å². The van der Waals surface area contributed by atoms with Crippen LogP contribution in [-0.2, 0) is 17.8 Å². The standard InChI is InChI=1S/C11H15N3O3S2/c1-13(2)11(17)14-4-3-7-8(5-14)19-10(12-7)18-6-9(15)16/h3-6H2,1-2H3,(H,15,16). The Balaban J connectivity index is 2.04. The molecule has 19 heavy (non-hydrogen) atoms. The first-order valence-corrected chi connectivity index (χ1v) is 7.57. The molecular formula is C11H15N3O3S2. The number of rotatable bonds is 3. The van der Waals surface area contributed by atoms with Gasteiger partial charge < -0.3 is 14.9 Å². The van der Waals surface area contributed by atoms with Gasteiger partial charge in [-0.1, -0.05) is 11.8 Å². The van der Waals surface area contributed by atoms with E-state index < -0.39 is 5.97 Å². The first kappa shape index (κ1) is 14.1. The topological polar surface area (TPSA) is 73.7 Å². The summed E-state index contributed by atoms with van der Waals surface area (Å²) in [5.41, 5.74) is 1.00. The molecule has 1 aliphatic heterocycles. The maximum Gasteiger partial charge on any atom is 0.319 e. The highest BCUT2D eigenvalue weighted by atomic mass is 32.2. The number of aromatic nitrogens is 1. The summed E-state index contributed by atoms with van der Waals surface area (Å²) in [4.78, 5) is 31.3. The summed E-state index contributed by atoms with van der Waals surface area (Å²) in [6, 6.07) is -0.00112. The number of carbonyl (C=O) groups is 2. The fourth-order valence-electron chi connectivity index (χ4n) is 1.80. The third-order valence-electron chi connectivity index (χ3n) is 2.68. The number of amides is 2. The second-order valence-electron chi connectivity index (χ2n) is 4.38. The van der Waals surface area contributed by atoms with Gasteiger partial charge in [-0.25, -0.2) is 9.78 Å². The first-order valence-electron chi connectivity index (χ1n) is 5.76. The van der Waals surface area contributed by atoms with Crippen molar-refractivity contribution in [2.24, 2.45) is 0 Å². The molecule has 2 amide bonds. The van der Waals surface area contributed by atoms with E-state index in [-0.39, 0.29) is 11.8 Å². The molecule has 0 aliphatic carbocycles. The number of carboxylic acid groups (broad SMARTS) is 1. The Morgan fingerprint density at radius 3 is 2.89 bits per heavy atom. The summed E-state index contributed by atoms with van der Waals surface area (Å²) in [5, 5.41) is 8.65. The highest BCUT2D eigenvalue weighted by Crippen LogP contribution is 2.31. The number of thiazole rings is 1. The lowest BCUT2D eigenvalue weighted by Crippen LogP contribution is -2.41. The Labute approximate surface area is 119 Å². The SMILES string of the molecule is CN(C)C(=O)N1CCc2nc(SCC(=O)O)sc2C1. The third-order valence-corrected chi connectivity index (χ3v) is 4.89. The van der Waals surface area contributed by atoms with Gasteiger partial charge in [-0.3, -0.25) is 4.79 Å². The first-order chi connectivity index (χ1) is 8.97. The van der Waals surface area contributed by atoms with Crippen LogP contribution in [0.15, 0.2) is 4.34 Å². The predicted octanol–water partition coefficient (Wildman–Crippen LogP) is 1.36. The minimum atomic E-state index is -0.845. The van der Waals surface area contributed by atoms with Gasteiger partial charge in [0.1, 0.15) is 0 Å². The zero-order valence-corrected chi connectivity index (χ0v) is 12.4. The second kappa shape index (κ2) is 5.79. The van der Waals surface area contributed by atoms with Crippen molar-refractivity contribution in [3.63, 3.8) is 0 Å². The van der Waals surface area contributed by atoms with E-state index in [1.807, 2.05) is 0 Å². The smallest absolute Gasteiger partial charge is 0.319 e. The maximum atomic E-state index is 11.9. The van der Waals surface area contributed by atoms with Crippen molar-refractivity contribution >= 4 is 35.1 Å². The lowest BCUT2D eigenvalue weighted by atomic mass is 10.2. The summed E-state index contributed by atoms with van der Waals surface area (Å²) in [5.74, 6) is -0.824. The highest BCUT2D eigenvalue weighted by Gasteiger charge is 2.25. The van der Waals surface area contributed by atoms with E-state index in [1.54, 1.807) is 23.9 Å². The van der Waals surface area contributed by atoms with Crippen LogP contribution in [0, 0.1) is 0 Å². The number of aliphatic carboxylic acids is 1. The van der Waals surface area contributed by atoms with Crippen LogP contribution in [-0.4, -0.2) is 58.3 Å². The van der Waals surface area contributed by atoms with Crippen molar-refractivity contribution in [3.05, 3.63) is 10.6 Å². The Bertz CT molecular complexity index is 501. The number of urea groups is 1. The van der Waals surface area contributed by atoms with E-state index in [0.717, 1.165) is 21.3 Å². The van der Waals surface area contributed by atoms with Crippen LogP contribution >= 0.6 is 23.1 Å².